The zero-order valence-corrected chi connectivity index (χ0v) is 8.44. The summed E-state index contributed by atoms with van der Waals surface area (Å²) in [5, 5.41) is 1.92. The summed E-state index contributed by atoms with van der Waals surface area (Å²) in [5.41, 5.74) is 1.15. The lowest BCUT2D eigenvalue weighted by molar-refractivity contribution is 0.415. The highest BCUT2D eigenvalue weighted by atomic mass is 33.1. The minimum Gasteiger partial charge on any atom is -0.497 e. The van der Waals surface area contributed by atoms with E-state index in [-0.39, 0.29) is 0 Å². The highest BCUT2D eigenvalue weighted by Crippen LogP contribution is 2.14. The monoisotopic (exact) mass is 198 g/mol. The second-order valence-corrected chi connectivity index (χ2v) is 3.30. The van der Waals surface area contributed by atoms with Crippen LogP contribution in [0.15, 0.2) is 29.7 Å². The molecule has 1 rings (SSSR count). The summed E-state index contributed by atoms with van der Waals surface area (Å²) in [5.74, 6) is 0.880. The van der Waals surface area contributed by atoms with E-state index in [1.54, 1.807) is 7.11 Å². The highest BCUT2D eigenvalue weighted by molar-refractivity contribution is 8.69. The lowest BCUT2D eigenvalue weighted by atomic mass is 10.2. The van der Waals surface area contributed by atoms with Gasteiger partial charge in [0.15, 0.2) is 0 Å². The zero-order valence-electron chi connectivity index (χ0n) is 6.73. The summed E-state index contributed by atoms with van der Waals surface area (Å²) in [6.07, 6.45) is 2.00. The molecule has 0 aromatic heterocycles. The van der Waals surface area contributed by atoms with Crippen molar-refractivity contribution in [1.82, 2.24) is 0 Å². The normalized spacial score (nSPS) is 10.5. The Kier molecular flexibility index (Phi) is 4.11. The second kappa shape index (κ2) is 5.17. The maximum atomic E-state index is 5.03. The number of benzene rings is 1. The molecule has 0 heterocycles. The standard InChI is InChI=1S/C9H10OS2/c1-10-9-4-2-8(3-5-9)6-7-12-11/h2-7,11H,1H3/b7-6+. The molecule has 0 saturated heterocycles. The lowest BCUT2D eigenvalue weighted by Crippen LogP contribution is -1.80. The minimum absolute atomic E-state index is 0.880. The van der Waals surface area contributed by atoms with Crippen molar-refractivity contribution in [2.45, 2.75) is 0 Å². The molecule has 1 aromatic carbocycles. The van der Waals surface area contributed by atoms with Crippen LogP contribution in [-0.4, -0.2) is 7.11 Å². The molecule has 0 N–H and O–H groups in total. The Hall–Kier alpha value is -0.540. The Morgan fingerprint density at radius 1 is 1.33 bits per heavy atom. The van der Waals surface area contributed by atoms with Gasteiger partial charge >= 0.3 is 0 Å². The Bertz CT molecular complexity index is 254. The molecule has 0 unspecified atom stereocenters. The van der Waals surface area contributed by atoms with E-state index < -0.39 is 0 Å². The van der Waals surface area contributed by atoms with Gasteiger partial charge in [0.25, 0.3) is 0 Å². The van der Waals surface area contributed by atoms with Crippen molar-refractivity contribution in [3.05, 3.63) is 35.2 Å². The summed E-state index contributed by atoms with van der Waals surface area (Å²) in [7, 11) is 3.05. The molecule has 0 aliphatic heterocycles. The first kappa shape index (κ1) is 9.55. The molecular formula is C9H10OS2. The Morgan fingerprint density at radius 2 is 2.00 bits per heavy atom. The lowest BCUT2D eigenvalue weighted by Gasteiger charge is -1.98. The van der Waals surface area contributed by atoms with Crippen LogP contribution in [0.25, 0.3) is 6.08 Å². The van der Waals surface area contributed by atoms with Gasteiger partial charge < -0.3 is 4.74 Å². The molecule has 0 saturated carbocycles. The van der Waals surface area contributed by atoms with Crippen molar-refractivity contribution in [3.63, 3.8) is 0 Å². The van der Waals surface area contributed by atoms with Gasteiger partial charge in [-0.15, -0.1) is 11.7 Å². The number of thiol groups is 1. The zero-order chi connectivity index (χ0) is 8.81. The first-order valence-corrected chi connectivity index (χ1v) is 5.41. The van der Waals surface area contributed by atoms with Gasteiger partial charge in [0.2, 0.25) is 0 Å². The van der Waals surface area contributed by atoms with Crippen LogP contribution in [0.4, 0.5) is 0 Å². The maximum Gasteiger partial charge on any atom is 0.118 e. The molecule has 0 spiro atoms. The Labute approximate surface area is 81.6 Å². The molecule has 0 radical (unpaired) electrons. The van der Waals surface area contributed by atoms with Gasteiger partial charge in [0.1, 0.15) is 5.75 Å². The van der Waals surface area contributed by atoms with E-state index in [9.17, 15) is 0 Å². The molecule has 1 nitrogen and oxygen atoms in total. The number of hydrogen-bond donors (Lipinski definition) is 1. The molecule has 0 fully saturated rings. The third-order valence-electron chi connectivity index (χ3n) is 1.44. The fourth-order valence-corrected chi connectivity index (χ4v) is 1.22. The van der Waals surface area contributed by atoms with Crippen LogP contribution in [0, 0.1) is 0 Å². The average molecular weight is 198 g/mol. The van der Waals surface area contributed by atoms with E-state index in [0.717, 1.165) is 11.3 Å². The molecule has 0 amide bonds. The van der Waals surface area contributed by atoms with Crippen molar-refractivity contribution in [2.24, 2.45) is 0 Å². The van der Waals surface area contributed by atoms with Crippen molar-refractivity contribution >= 4 is 28.5 Å². The van der Waals surface area contributed by atoms with E-state index in [1.807, 2.05) is 35.7 Å². The molecule has 0 atom stereocenters. The summed E-state index contributed by atoms with van der Waals surface area (Å²) < 4.78 is 5.03. The smallest absolute Gasteiger partial charge is 0.118 e. The van der Waals surface area contributed by atoms with E-state index in [2.05, 4.69) is 11.7 Å². The summed E-state index contributed by atoms with van der Waals surface area (Å²) >= 11 is 3.99. The highest BCUT2D eigenvalue weighted by Gasteiger charge is 1.88. The first-order chi connectivity index (χ1) is 5.86. The molecular weight excluding hydrogens is 188 g/mol. The molecule has 0 bridgehead atoms. The van der Waals surface area contributed by atoms with E-state index >= 15 is 0 Å². The van der Waals surface area contributed by atoms with Crippen molar-refractivity contribution < 1.29 is 4.74 Å². The van der Waals surface area contributed by atoms with Crippen LogP contribution in [0.2, 0.25) is 0 Å². The molecule has 1 aromatic rings. The van der Waals surface area contributed by atoms with Crippen molar-refractivity contribution in [1.29, 1.82) is 0 Å². The third kappa shape index (κ3) is 2.83. The molecule has 64 valence electrons. The van der Waals surface area contributed by atoms with Gasteiger partial charge in [-0.25, -0.2) is 0 Å². The predicted octanol–water partition coefficient (Wildman–Crippen LogP) is 3.24. The van der Waals surface area contributed by atoms with Crippen LogP contribution in [0.5, 0.6) is 5.75 Å². The van der Waals surface area contributed by atoms with E-state index in [0.29, 0.717) is 0 Å². The maximum absolute atomic E-state index is 5.03. The van der Waals surface area contributed by atoms with Gasteiger partial charge in [0, 0.05) is 0 Å². The van der Waals surface area contributed by atoms with Gasteiger partial charge in [-0.2, -0.15) is 0 Å². The molecule has 3 heteroatoms. The van der Waals surface area contributed by atoms with E-state index in [1.165, 1.54) is 10.8 Å². The van der Waals surface area contributed by atoms with Crippen LogP contribution in [0.1, 0.15) is 5.56 Å². The molecule has 0 aliphatic carbocycles. The van der Waals surface area contributed by atoms with Crippen LogP contribution < -0.4 is 4.74 Å². The second-order valence-electron chi connectivity index (χ2n) is 2.18. The number of rotatable bonds is 3. The van der Waals surface area contributed by atoms with Crippen LogP contribution in [0.3, 0.4) is 0 Å². The van der Waals surface area contributed by atoms with Crippen molar-refractivity contribution in [2.75, 3.05) is 7.11 Å². The van der Waals surface area contributed by atoms with Crippen LogP contribution in [-0.2, 0) is 0 Å². The topological polar surface area (TPSA) is 9.23 Å². The quantitative estimate of drug-likeness (QED) is 0.590. The molecule has 0 aliphatic rings. The fourth-order valence-electron chi connectivity index (χ4n) is 0.824. The van der Waals surface area contributed by atoms with E-state index in [4.69, 9.17) is 4.74 Å². The SMILES string of the molecule is COc1ccc(/C=C/SS)cc1. The predicted molar refractivity (Wildman–Crippen MR) is 58.6 cm³/mol. The third-order valence-corrected chi connectivity index (χ3v) is 2.06. The Balaban J connectivity index is 2.71. The summed E-state index contributed by atoms with van der Waals surface area (Å²) in [4.78, 5) is 0. The number of hydrogen-bond acceptors (Lipinski definition) is 3. The van der Waals surface area contributed by atoms with Gasteiger partial charge in [-0.05, 0) is 29.2 Å². The van der Waals surface area contributed by atoms with Gasteiger partial charge in [0.05, 0.1) is 7.11 Å². The molecule has 12 heavy (non-hydrogen) atoms. The van der Waals surface area contributed by atoms with Gasteiger partial charge in [-0.3, -0.25) is 0 Å². The number of methoxy groups -OCH3 is 1. The summed E-state index contributed by atoms with van der Waals surface area (Å²) in [6.45, 7) is 0. The first-order valence-electron chi connectivity index (χ1n) is 3.47. The van der Waals surface area contributed by atoms with Crippen molar-refractivity contribution in [3.8, 4) is 5.75 Å². The largest absolute Gasteiger partial charge is 0.497 e. The minimum atomic E-state index is 0.880. The van der Waals surface area contributed by atoms with Gasteiger partial charge in [-0.1, -0.05) is 22.9 Å². The number of ether oxygens (including phenoxy) is 1. The Morgan fingerprint density at radius 3 is 2.50 bits per heavy atom. The average Bonchev–Trinajstić information content (AvgIpc) is 2.15. The summed E-state index contributed by atoms with van der Waals surface area (Å²) in [6, 6.07) is 7.87. The fraction of sp³-hybridized carbons (Fsp3) is 0.111. The van der Waals surface area contributed by atoms with Crippen LogP contribution >= 0.6 is 22.5 Å².